The molecule has 2 unspecified atom stereocenters. The Hall–Kier alpha value is -2.87. The molecule has 0 radical (unpaired) electrons. The minimum absolute atomic E-state index is 0.0386. The highest BCUT2D eigenvalue weighted by Gasteiger charge is 2.34. The van der Waals surface area contributed by atoms with Crippen molar-refractivity contribution in [3.8, 4) is 11.5 Å². The van der Waals surface area contributed by atoms with E-state index in [1.807, 2.05) is 10.6 Å². The molecule has 4 rings (SSSR count). The first-order chi connectivity index (χ1) is 13.0. The maximum absolute atomic E-state index is 12.1. The molecule has 2 aliphatic heterocycles. The van der Waals surface area contributed by atoms with Crippen molar-refractivity contribution in [2.24, 2.45) is 5.92 Å². The number of hydrogen-bond acceptors (Lipinski definition) is 6. The largest absolute Gasteiger partial charge is 0.504 e. The highest BCUT2D eigenvalue weighted by atomic mass is 16.6. The fourth-order valence-corrected chi connectivity index (χ4v) is 4.40. The number of nitrogens with zero attached hydrogens (tertiary/aromatic N) is 3. The van der Waals surface area contributed by atoms with Crippen molar-refractivity contribution in [3.05, 3.63) is 62.1 Å². The first kappa shape index (κ1) is 17.5. The predicted octanol–water partition coefficient (Wildman–Crippen LogP) is 2.09. The van der Waals surface area contributed by atoms with Crippen molar-refractivity contribution < 1.29 is 14.8 Å². The molecule has 0 spiro atoms. The Balaban J connectivity index is 1.61. The number of aromatic hydroxyl groups is 1. The third kappa shape index (κ3) is 3.16. The van der Waals surface area contributed by atoms with Gasteiger partial charge in [-0.1, -0.05) is 6.07 Å². The lowest BCUT2D eigenvalue weighted by Gasteiger charge is -2.42. The quantitative estimate of drug-likeness (QED) is 0.653. The number of nitro benzene ring substituents is 1. The molecule has 1 N–H and O–H groups in total. The van der Waals surface area contributed by atoms with Crippen LogP contribution in [0.5, 0.6) is 11.5 Å². The Kier molecular flexibility index (Phi) is 4.35. The van der Waals surface area contributed by atoms with Gasteiger partial charge in [0.1, 0.15) is 0 Å². The molecule has 0 aliphatic carbocycles. The van der Waals surface area contributed by atoms with Crippen LogP contribution in [-0.4, -0.2) is 39.7 Å². The van der Waals surface area contributed by atoms with Crippen molar-refractivity contribution in [2.45, 2.75) is 25.4 Å². The molecule has 3 heterocycles. The van der Waals surface area contributed by atoms with Gasteiger partial charge in [-0.3, -0.25) is 19.8 Å². The standard InChI is InChI=1S/C19H21N3O5/c1-27-17-7-15(22(25)26)6-14(19(17)24)11-20-8-12-5-13(10-20)16-3-2-4-18(23)21(16)9-12/h2-4,6-7,12-13,24H,5,8-11H2,1H3. The molecule has 0 saturated carbocycles. The molecule has 1 aromatic heterocycles. The van der Waals surface area contributed by atoms with Crippen molar-refractivity contribution in [2.75, 3.05) is 20.2 Å². The summed E-state index contributed by atoms with van der Waals surface area (Å²) >= 11 is 0. The molecule has 2 aromatic rings. The number of phenolic OH excluding ortho intramolecular Hbond substituents is 1. The van der Waals surface area contributed by atoms with Gasteiger partial charge in [-0.25, -0.2) is 0 Å². The lowest BCUT2D eigenvalue weighted by molar-refractivity contribution is -0.385. The zero-order valence-electron chi connectivity index (χ0n) is 15.0. The third-order valence-electron chi connectivity index (χ3n) is 5.52. The fourth-order valence-electron chi connectivity index (χ4n) is 4.40. The maximum Gasteiger partial charge on any atom is 0.273 e. The zero-order valence-corrected chi connectivity index (χ0v) is 15.0. The van der Waals surface area contributed by atoms with E-state index in [1.165, 1.54) is 19.2 Å². The summed E-state index contributed by atoms with van der Waals surface area (Å²) in [5.74, 6) is 0.636. The zero-order chi connectivity index (χ0) is 19.1. The molecule has 0 amide bonds. The smallest absolute Gasteiger partial charge is 0.273 e. The second-order valence-electron chi connectivity index (χ2n) is 7.31. The summed E-state index contributed by atoms with van der Waals surface area (Å²) in [6.45, 7) is 2.60. The van der Waals surface area contributed by atoms with E-state index in [0.29, 0.717) is 24.6 Å². The van der Waals surface area contributed by atoms with Gasteiger partial charge in [0.05, 0.1) is 18.1 Å². The number of pyridine rings is 1. The van der Waals surface area contributed by atoms with E-state index in [-0.39, 0.29) is 28.7 Å². The summed E-state index contributed by atoms with van der Waals surface area (Å²) in [7, 11) is 1.38. The molecule has 2 aliphatic rings. The number of rotatable bonds is 4. The molecule has 1 saturated heterocycles. The second kappa shape index (κ2) is 6.70. The number of nitro groups is 1. The average Bonchev–Trinajstić information content (AvgIpc) is 2.64. The molecule has 8 nitrogen and oxygen atoms in total. The molecule has 2 bridgehead atoms. The predicted molar refractivity (Wildman–Crippen MR) is 98.1 cm³/mol. The van der Waals surface area contributed by atoms with E-state index in [9.17, 15) is 20.0 Å². The van der Waals surface area contributed by atoms with Gasteiger partial charge in [0.2, 0.25) is 0 Å². The summed E-state index contributed by atoms with van der Waals surface area (Å²) in [6.07, 6.45) is 1.03. The van der Waals surface area contributed by atoms with Crippen LogP contribution in [0.4, 0.5) is 5.69 Å². The summed E-state index contributed by atoms with van der Waals surface area (Å²) in [5, 5.41) is 21.6. The highest BCUT2D eigenvalue weighted by Crippen LogP contribution is 2.38. The lowest BCUT2D eigenvalue weighted by atomic mass is 9.83. The van der Waals surface area contributed by atoms with Gasteiger partial charge in [-0.2, -0.15) is 0 Å². The molecule has 1 fully saturated rings. The van der Waals surface area contributed by atoms with Gasteiger partial charge < -0.3 is 14.4 Å². The molecule has 8 heteroatoms. The molecule has 142 valence electrons. The molecular weight excluding hydrogens is 350 g/mol. The molecule has 27 heavy (non-hydrogen) atoms. The van der Waals surface area contributed by atoms with Crippen LogP contribution in [0.15, 0.2) is 35.1 Å². The normalized spacial score (nSPS) is 21.5. The molecule has 2 atom stereocenters. The van der Waals surface area contributed by atoms with Crippen LogP contribution in [0.3, 0.4) is 0 Å². The SMILES string of the molecule is COc1cc([N+](=O)[O-])cc(CN2CC3CC(C2)c2cccc(=O)n2C3)c1O. The summed E-state index contributed by atoms with van der Waals surface area (Å²) in [6, 6.07) is 8.02. The number of aromatic nitrogens is 1. The van der Waals surface area contributed by atoms with Crippen LogP contribution in [0.1, 0.15) is 23.6 Å². The van der Waals surface area contributed by atoms with Gasteiger partial charge in [0.25, 0.3) is 11.2 Å². The fraction of sp³-hybridized carbons (Fsp3) is 0.421. The number of methoxy groups -OCH3 is 1. The summed E-state index contributed by atoms with van der Waals surface area (Å²) in [5.41, 5.74) is 1.46. The molecule has 1 aromatic carbocycles. The van der Waals surface area contributed by atoms with E-state index in [2.05, 4.69) is 4.90 Å². The minimum atomic E-state index is -0.487. The van der Waals surface area contributed by atoms with E-state index in [1.54, 1.807) is 12.1 Å². The van der Waals surface area contributed by atoms with Gasteiger partial charge >= 0.3 is 0 Å². The van der Waals surface area contributed by atoms with Gasteiger partial charge in [0, 0.05) is 55.5 Å². The van der Waals surface area contributed by atoms with E-state index in [0.717, 1.165) is 25.2 Å². The highest BCUT2D eigenvalue weighted by molar-refractivity contribution is 5.53. The Morgan fingerprint density at radius 3 is 2.85 bits per heavy atom. The number of piperidine rings is 1. The van der Waals surface area contributed by atoms with Crippen LogP contribution in [0, 0.1) is 16.0 Å². The maximum atomic E-state index is 12.1. The van der Waals surface area contributed by atoms with Gasteiger partial charge in [-0.15, -0.1) is 0 Å². The number of ether oxygens (including phenoxy) is 1. The number of fused-ring (bicyclic) bond motifs is 4. The number of likely N-dealkylation sites (tertiary alicyclic amines) is 1. The van der Waals surface area contributed by atoms with E-state index in [4.69, 9.17) is 4.74 Å². The number of benzene rings is 1. The second-order valence-corrected chi connectivity index (χ2v) is 7.31. The van der Waals surface area contributed by atoms with Crippen LogP contribution in [0.2, 0.25) is 0 Å². The van der Waals surface area contributed by atoms with Crippen molar-refractivity contribution in [1.29, 1.82) is 0 Å². The van der Waals surface area contributed by atoms with Gasteiger partial charge in [-0.05, 0) is 18.4 Å². The summed E-state index contributed by atoms with van der Waals surface area (Å²) < 4.78 is 6.95. The Labute approximate surface area is 155 Å². The third-order valence-corrected chi connectivity index (χ3v) is 5.52. The lowest BCUT2D eigenvalue weighted by Crippen LogP contribution is -2.46. The summed E-state index contributed by atoms with van der Waals surface area (Å²) in [4.78, 5) is 25.0. The number of phenols is 1. The van der Waals surface area contributed by atoms with Crippen LogP contribution >= 0.6 is 0 Å². The van der Waals surface area contributed by atoms with Crippen LogP contribution < -0.4 is 10.3 Å². The van der Waals surface area contributed by atoms with Gasteiger partial charge in [0.15, 0.2) is 11.5 Å². The number of non-ortho nitro benzene ring substituents is 1. The Morgan fingerprint density at radius 2 is 2.11 bits per heavy atom. The Bertz CT molecular complexity index is 955. The van der Waals surface area contributed by atoms with Crippen LogP contribution in [-0.2, 0) is 13.1 Å². The van der Waals surface area contributed by atoms with Crippen molar-refractivity contribution >= 4 is 5.69 Å². The van der Waals surface area contributed by atoms with Crippen molar-refractivity contribution in [1.82, 2.24) is 9.47 Å². The van der Waals surface area contributed by atoms with E-state index < -0.39 is 4.92 Å². The topological polar surface area (TPSA) is 97.8 Å². The number of hydrogen-bond donors (Lipinski definition) is 1. The van der Waals surface area contributed by atoms with E-state index >= 15 is 0 Å². The first-order valence-electron chi connectivity index (χ1n) is 8.92. The van der Waals surface area contributed by atoms with Crippen LogP contribution in [0.25, 0.3) is 0 Å². The Morgan fingerprint density at radius 1 is 1.30 bits per heavy atom. The monoisotopic (exact) mass is 371 g/mol. The molecular formula is C19H21N3O5. The van der Waals surface area contributed by atoms with Crippen molar-refractivity contribution in [3.63, 3.8) is 0 Å². The average molecular weight is 371 g/mol. The minimum Gasteiger partial charge on any atom is -0.504 e. The first-order valence-corrected chi connectivity index (χ1v) is 8.92.